The summed E-state index contributed by atoms with van der Waals surface area (Å²) in [4.78, 5) is 35.3. The third-order valence-electron chi connectivity index (χ3n) is 3.46. The van der Waals surface area contributed by atoms with Gasteiger partial charge < -0.3 is 19.7 Å². The lowest BCUT2D eigenvalue weighted by atomic mass is 10.3. The molecule has 1 fully saturated rings. The van der Waals surface area contributed by atoms with E-state index in [0.29, 0.717) is 5.75 Å². The Bertz CT molecular complexity index is 644. The lowest BCUT2D eigenvalue weighted by molar-refractivity contribution is -0.385. The smallest absolute Gasteiger partial charge is 0.314 e. The Hall–Kier alpha value is -2.84. The van der Waals surface area contributed by atoms with Crippen molar-refractivity contribution in [3.05, 3.63) is 28.3 Å². The maximum Gasteiger partial charge on any atom is 0.314 e. The number of hydrogen-bond acceptors (Lipinski definition) is 6. The SMILES string of the molecule is COc1ccc(OCC(=O)N(C)CC(=O)NC2CC2)c([N+](=O)[O-])c1. The standard InChI is InChI=1S/C15H19N3O6/c1-17(8-14(19)16-10-3-4-10)15(20)9-24-13-6-5-11(23-2)7-12(13)18(21)22/h5-7,10H,3-4,8-9H2,1-2H3,(H,16,19). The van der Waals surface area contributed by atoms with E-state index in [2.05, 4.69) is 5.32 Å². The monoisotopic (exact) mass is 337 g/mol. The fourth-order valence-electron chi connectivity index (χ4n) is 1.94. The van der Waals surface area contributed by atoms with Crippen molar-refractivity contribution < 1.29 is 24.0 Å². The summed E-state index contributed by atoms with van der Waals surface area (Å²) in [5.74, 6) is -0.408. The van der Waals surface area contributed by atoms with Gasteiger partial charge in [-0.3, -0.25) is 19.7 Å². The second kappa shape index (κ2) is 7.62. The van der Waals surface area contributed by atoms with E-state index >= 15 is 0 Å². The van der Waals surface area contributed by atoms with E-state index in [4.69, 9.17) is 9.47 Å². The van der Waals surface area contributed by atoms with Crippen LogP contribution in [0.4, 0.5) is 5.69 Å². The molecular formula is C15H19N3O6. The van der Waals surface area contributed by atoms with Gasteiger partial charge in [0.25, 0.3) is 5.91 Å². The van der Waals surface area contributed by atoms with Crippen molar-refractivity contribution in [2.45, 2.75) is 18.9 Å². The highest BCUT2D eigenvalue weighted by atomic mass is 16.6. The Morgan fingerprint density at radius 3 is 2.71 bits per heavy atom. The number of ether oxygens (including phenoxy) is 2. The predicted molar refractivity (Wildman–Crippen MR) is 83.9 cm³/mol. The van der Waals surface area contributed by atoms with Crippen molar-refractivity contribution >= 4 is 17.5 Å². The third-order valence-corrected chi connectivity index (χ3v) is 3.46. The summed E-state index contributed by atoms with van der Waals surface area (Å²) in [7, 11) is 2.87. The van der Waals surface area contributed by atoms with E-state index in [1.54, 1.807) is 0 Å². The van der Waals surface area contributed by atoms with E-state index < -0.39 is 17.4 Å². The van der Waals surface area contributed by atoms with Gasteiger partial charge in [-0.1, -0.05) is 0 Å². The number of amides is 2. The highest BCUT2D eigenvalue weighted by Gasteiger charge is 2.24. The van der Waals surface area contributed by atoms with Gasteiger partial charge in [0, 0.05) is 13.1 Å². The van der Waals surface area contributed by atoms with Gasteiger partial charge in [-0.2, -0.15) is 0 Å². The number of carbonyl (C=O) groups is 2. The minimum Gasteiger partial charge on any atom is -0.496 e. The Morgan fingerprint density at radius 1 is 1.42 bits per heavy atom. The maximum absolute atomic E-state index is 12.0. The van der Waals surface area contributed by atoms with Crippen LogP contribution in [0.3, 0.4) is 0 Å². The van der Waals surface area contributed by atoms with Gasteiger partial charge >= 0.3 is 5.69 Å². The third kappa shape index (κ3) is 4.83. The molecule has 0 bridgehead atoms. The molecule has 1 aliphatic rings. The molecule has 9 heteroatoms. The zero-order chi connectivity index (χ0) is 17.7. The summed E-state index contributed by atoms with van der Waals surface area (Å²) in [5.41, 5.74) is -0.295. The second-order valence-corrected chi connectivity index (χ2v) is 5.47. The van der Waals surface area contributed by atoms with Crippen LogP contribution in [0.5, 0.6) is 11.5 Å². The lowest BCUT2D eigenvalue weighted by Gasteiger charge is -2.17. The minimum atomic E-state index is -0.616. The normalized spacial score (nSPS) is 13.1. The highest BCUT2D eigenvalue weighted by Crippen LogP contribution is 2.30. The summed E-state index contributed by atoms with van der Waals surface area (Å²) >= 11 is 0. The molecule has 0 unspecified atom stereocenters. The van der Waals surface area contributed by atoms with Crippen LogP contribution in [0.1, 0.15) is 12.8 Å². The molecule has 1 aromatic carbocycles. The highest BCUT2D eigenvalue weighted by molar-refractivity contribution is 5.85. The lowest BCUT2D eigenvalue weighted by Crippen LogP contribution is -2.40. The average molecular weight is 337 g/mol. The summed E-state index contributed by atoms with van der Waals surface area (Å²) in [6, 6.07) is 4.30. The Labute approximate surface area is 138 Å². The number of benzene rings is 1. The Morgan fingerprint density at radius 2 is 2.12 bits per heavy atom. The van der Waals surface area contributed by atoms with Crippen LogP contribution in [0.25, 0.3) is 0 Å². The molecule has 2 rings (SSSR count). The number of carbonyl (C=O) groups excluding carboxylic acids is 2. The van der Waals surface area contributed by atoms with Gasteiger partial charge in [0.2, 0.25) is 5.91 Å². The second-order valence-electron chi connectivity index (χ2n) is 5.47. The molecule has 9 nitrogen and oxygen atoms in total. The van der Waals surface area contributed by atoms with E-state index in [9.17, 15) is 19.7 Å². The summed E-state index contributed by atoms with van der Waals surface area (Å²) in [5, 5.41) is 13.8. The molecular weight excluding hydrogens is 318 g/mol. The summed E-state index contributed by atoms with van der Waals surface area (Å²) < 4.78 is 10.2. The van der Waals surface area contributed by atoms with Crippen LogP contribution in [0.2, 0.25) is 0 Å². The topological polar surface area (TPSA) is 111 Å². The van der Waals surface area contributed by atoms with Gasteiger partial charge in [-0.25, -0.2) is 0 Å². The number of rotatable bonds is 8. The van der Waals surface area contributed by atoms with E-state index in [0.717, 1.165) is 12.8 Å². The summed E-state index contributed by atoms with van der Waals surface area (Å²) in [6.45, 7) is -0.482. The van der Waals surface area contributed by atoms with Gasteiger partial charge in [0.05, 0.1) is 24.6 Å². The number of nitro groups is 1. The molecule has 0 atom stereocenters. The molecule has 0 radical (unpaired) electrons. The van der Waals surface area contributed by atoms with Crippen LogP contribution in [0.15, 0.2) is 18.2 Å². The van der Waals surface area contributed by atoms with Gasteiger partial charge in [-0.15, -0.1) is 0 Å². The molecule has 130 valence electrons. The molecule has 24 heavy (non-hydrogen) atoms. The fourth-order valence-corrected chi connectivity index (χ4v) is 1.94. The van der Waals surface area contributed by atoms with Crippen LogP contribution in [-0.4, -0.2) is 55.0 Å². The zero-order valence-electron chi connectivity index (χ0n) is 13.5. The molecule has 0 aliphatic heterocycles. The number of nitro benzene ring substituents is 1. The summed E-state index contributed by atoms with van der Waals surface area (Å²) in [6.07, 6.45) is 1.93. The largest absolute Gasteiger partial charge is 0.496 e. The maximum atomic E-state index is 12.0. The van der Waals surface area contributed by atoms with Gasteiger partial charge in [0.1, 0.15) is 5.75 Å². The first-order valence-corrected chi connectivity index (χ1v) is 7.39. The Balaban J connectivity index is 1.90. The van der Waals surface area contributed by atoms with Crippen LogP contribution in [0, 0.1) is 10.1 Å². The van der Waals surface area contributed by atoms with Gasteiger partial charge in [0.15, 0.2) is 12.4 Å². The minimum absolute atomic E-state index is 0.0371. The average Bonchev–Trinajstić information content (AvgIpc) is 3.35. The van der Waals surface area contributed by atoms with E-state index in [-0.39, 0.29) is 29.9 Å². The number of methoxy groups -OCH3 is 1. The Kier molecular flexibility index (Phi) is 5.56. The first kappa shape index (κ1) is 17.5. The number of nitrogens with one attached hydrogen (secondary N) is 1. The molecule has 1 aliphatic carbocycles. The van der Waals surface area contributed by atoms with Crippen molar-refractivity contribution in [2.75, 3.05) is 27.3 Å². The van der Waals surface area contributed by atoms with Gasteiger partial charge in [-0.05, 0) is 25.0 Å². The van der Waals surface area contributed by atoms with Crippen LogP contribution >= 0.6 is 0 Å². The molecule has 0 aromatic heterocycles. The molecule has 2 amide bonds. The van der Waals surface area contributed by atoms with Crippen molar-refractivity contribution in [1.29, 1.82) is 0 Å². The van der Waals surface area contributed by atoms with Crippen molar-refractivity contribution in [2.24, 2.45) is 0 Å². The van der Waals surface area contributed by atoms with Crippen LogP contribution < -0.4 is 14.8 Å². The number of likely N-dealkylation sites (N-methyl/N-ethyl adjacent to an activating group) is 1. The zero-order valence-corrected chi connectivity index (χ0v) is 13.5. The number of hydrogen-bond donors (Lipinski definition) is 1. The van der Waals surface area contributed by atoms with E-state index in [1.165, 1.54) is 37.3 Å². The van der Waals surface area contributed by atoms with Crippen molar-refractivity contribution in [3.63, 3.8) is 0 Å². The van der Waals surface area contributed by atoms with E-state index in [1.807, 2.05) is 0 Å². The molecule has 0 spiro atoms. The van der Waals surface area contributed by atoms with Crippen molar-refractivity contribution in [1.82, 2.24) is 10.2 Å². The first-order chi connectivity index (χ1) is 11.4. The molecule has 0 heterocycles. The molecule has 1 aromatic rings. The predicted octanol–water partition coefficient (Wildman–Crippen LogP) is 0.719. The van der Waals surface area contributed by atoms with Crippen LogP contribution in [-0.2, 0) is 9.59 Å². The number of nitrogens with zero attached hydrogens (tertiary/aromatic N) is 2. The quantitative estimate of drug-likeness (QED) is 0.553. The molecule has 1 N–H and O–H groups in total. The fraction of sp³-hybridized carbons (Fsp3) is 0.467. The molecule has 0 saturated heterocycles. The van der Waals surface area contributed by atoms with Crippen molar-refractivity contribution in [3.8, 4) is 11.5 Å². The first-order valence-electron chi connectivity index (χ1n) is 7.39. The molecule has 1 saturated carbocycles.